The Hall–Kier alpha value is -0.800. The second-order valence-corrected chi connectivity index (χ2v) is 2.43. The Morgan fingerprint density at radius 3 is 2.18 bits per heavy atom. The molecule has 0 saturated carbocycles. The smallest absolute Gasteiger partial charge is 0.287 e. The van der Waals surface area contributed by atoms with Crippen molar-refractivity contribution in [3.63, 3.8) is 0 Å². The largest absolute Gasteiger partial charge is 0.459 e. The lowest BCUT2D eigenvalue weighted by molar-refractivity contribution is 0.105. The molecular weight excluding hydrogens is 191 g/mol. The van der Waals surface area contributed by atoms with E-state index in [2.05, 4.69) is 4.42 Å². The molecule has 0 fully saturated rings. The summed E-state index contributed by atoms with van der Waals surface area (Å²) in [4.78, 5) is 20.8. The first-order chi connectivity index (χ1) is 5.11. The van der Waals surface area contributed by atoms with Gasteiger partial charge in [-0.05, 0) is 23.2 Å². The van der Waals surface area contributed by atoms with E-state index in [1.165, 1.54) is 6.07 Å². The molecule has 1 aromatic heterocycles. The van der Waals surface area contributed by atoms with Gasteiger partial charge in [0.05, 0.1) is 5.56 Å². The van der Waals surface area contributed by atoms with E-state index in [-0.39, 0.29) is 11.3 Å². The predicted octanol–water partition coefficient (Wildman–Crippen LogP) is 2.04. The van der Waals surface area contributed by atoms with Gasteiger partial charge >= 0.3 is 0 Å². The van der Waals surface area contributed by atoms with Crippen LogP contribution in [0, 0.1) is 0 Å². The van der Waals surface area contributed by atoms with Crippen molar-refractivity contribution in [1.29, 1.82) is 0 Å². The maximum absolute atomic E-state index is 10.4. The Morgan fingerprint density at radius 1 is 1.27 bits per heavy atom. The lowest BCUT2D eigenvalue weighted by atomic mass is 10.3. The average molecular weight is 193 g/mol. The molecule has 0 unspecified atom stereocenters. The molecule has 0 aliphatic heterocycles. The van der Waals surface area contributed by atoms with E-state index < -0.39 is 10.5 Å². The third kappa shape index (κ3) is 1.82. The van der Waals surface area contributed by atoms with E-state index in [0.29, 0.717) is 0 Å². The fourth-order valence-electron chi connectivity index (χ4n) is 0.542. The van der Waals surface area contributed by atoms with Crippen molar-refractivity contribution in [3.05, 3.63) is 23.7 Å². The molecular formula is C6H2Cl2O3. The van der Waals surface area contributed by atoms with E-state index in [0.717, 1.165) is 6.26 Å². The molecule has 0 bridgehead atoms. The first kappa shape index (κ1) is 8.30. The van der Waals surface area contributed by atoms with Gasteiger partial charge in [0, 0.05) is 6.07 Å². The van der Waals surface area contributed by atoms with E-state index in [9.17, 15) is 9.59 Å². The molecule has 0 amide bonds. The van der Waals surface area contributed by atoms with Crippen LogP contribution in [0.3, 0.4) is 0 Å². The fourth-order valence-corrected chi connectivity index (χ4v) is 0.741. The molecule has 3 nitrogen and oxygen atoms in total. The highest BCUT2D eigenvalue weighted by atomic mass is 35.5. The monoisotopic (exact) mass is 192 g/mol. The van der Waals surface area contributed by atoms with Crippen LogP contribution in [0.1, 0.15) is 20.9 Å². The molecule has 0 N–H and O–H groups in total. The fraction of sp³-hybridized carbons (Fsp3) is 0. The van der Waals surface area contributed by atoms with Gasteiger partial charge in [-0.15, -0.1) is 0 Å². The Balaban J connectivity index is 2.99. The minimum atomic E-state index is -0.755. The summed E-state index contributed by atoms with van der Waals surface area (Å²) < 4.78 is 4.60. The van der Waals surface area contributed by atoms with Crippen LogP contribution in [-0.2, 0) is 0 Å². The molecule has 1 aromatic rings. The summed E-state index contributed by atoms with van der Waals surface area (Å²) in [6.07, 6.45) is 1.07. The van der Waals surface area contributed by atoms with Crippen molar-refractivity contribution in [3.8, 4) is 0 Å². The van der Waals surface area contributed by atoms with Crippen LogP contribution in [0.25, 0.3) is 0 Å². The summed E-state index contributed by atoms with van der Waals surface area (Å²) in [6.45, 7) is 0. The van der Waals surface area contributed by atoms with Gasteiger partial charge in [-0.1, -0.05) is 0 Å². The van der Waals surface area contributed by atoms with Gasteiger partial charge in [-0.3, -0.25) is 9.59 Å². The second-order valence-electron chi connectivity index (χ2n) is 1.75. The Bertz CT molecular complexity index is 274. The van der Waals surface area contributed by atoms with Crippen molar-refractivity contribution in [2.24, 2.45) is 0 Å². The van der Waals surface area contributed by atoms with E-state index in [1.807, 2.05) is 0 Å². The van der Waals surface area contributed by atoms with E-state index >= 15 is 0 Å². The molecule has 0 aromatic carbocycles. The highest BCUT2D eigenvalue weighted by Crippen LogP contribution is 2.11. The zero-order chi connectivity index (χ0) is 8.43. The second kappa shape index (κ2) is 3.07. The van der Waals surface area contributed by atoms with Crippen molar-refractivity contribution in [2.75, 3.05) is 0 Å². The van der Waals surface area contributed by atoms with Crippen LogP contribution in [0.2, 0.25) is 0 Å². The summed E-state index contributed by atoms with van der Waals surface area (Å²) in [5.74, 6) is -0.0873. The summed E-state index contributed by atoms with van der Waals surface area (Å²) >= 11 is 10.1. The predicted molar refractivity (Wildman–Crippen MR) is 39.1 cm³/mol. The standard InChI is InChI=1S/C6H2Cl2O3/c7-5(9)3-1-4(6(8)10)11-2-3/h1-2H. The molecule has 0 radical (unpaired) electrons. The maximum atomic E-state index is 10.4. The van der Waals surface area contributed by atoms with Crippen molar-refractivity contribution < 1.29 is 14.0 Å². The molecule has 5 heteroatoms. The third-order valence-corrected chi connectivity index (χ3v) is 1.42. The molecule has 0 spiro atoms. The zero-order valence-electron chi connectivity index (χ0n) is 5.14. The average Bonchev–Trinajstić information content (AvgIpc) is 2.33. The summed E-state index contributed by atoms with van der Waals surface area (Å²) in [5.41, 5.74) is 0.121. The third-order valence-electron chi connectivity index (χ3n) is 1.02. The Labute approximate surface area is 71.9 Å². The number of halogens is 2. The van der Waals surface area contributed by atoms with Gasteiger partial charge < -0.3 is 4.42 Å². The highest BCUT2D eigenvalue weighted by Gasteiger charge is 2.11. The van der Waals surface area contributed by atoms with Gasteiger partial charge in [0.1, 0.15) is 6.26 Å². The van der Waals surface area contributed by atoms with Gasteiger partial charge in [-0.25, -0.2) is 0 Å². The normalized spacial score (nSPS) is 9.64. The molecule has 0 saturated heterocycles. The van der Waals surface area contributed by atoms with Crippen LogP contribution >= 0.6 is 23.2 Å². The topological polar surface area (TPSA) is 47.3 Å². The lowest BCUT2D eigenvalue weighted by Gasteiger charge is -1.78. The molecule has 1 rings (SSSR count). The summed E-state index contributed by atoms with van der Waals surface area (Å²) in [7, 11) is 0. The lowest BCUT2D eigenvalue weighted by Crippen LogP contribution is -1.85. The van der Waals surface area contributed by atoms with Crippen molar-refractivity contribution >= 4 is 33.7 Å². The zero-order valence-corrected chi connectivity index (χ0v) is 6.65. The first-order valence-corrected chi connectivity index (χ1v) is 3.35. The number of hydrogen-bond donors (Lipinski definition) is 0. The number of hydrogen-bond acceptors (Lipinski definition) is 3. The van der Waals surface area contributed by atoms with Crippen molar-refractivity contribution in [1.82, 2.24) is 0 Å². The van der Waals surface area contributed by atoms with Crippen LogP contribution in [-0.4, -0.2) is 10.5 Å². The van der Waals surface area contributed by atoms with E-state index in [1.54, 1.807) is 0 Å². The molecule has 58 valence electrons. The molecule has 0 aliphatic rings. The van der Waals surface area contributed by atoms with Gasteiger partial charge in [0.15, 0.2) is 5.76 Å². The first-order valence-electron chi connectivity index (χ1n) is 2.59. The SMILES string of the molecule is O=C(Cl)c1coc(C(=O)Cl)c1. The quantitative estimate of drug-likeness (QED) is 0.675. The number of rotatable bonds is 2. The Kier molecular flexibility index (Phi) is 2.31. The van der Waals surface area contributed by atoms with Crippen LogP contribution in [0.5, 0.6) is 0 Å². The number of furan rings is 1. The van der Waals surface area contributed by atoms with Crippen LogP contribution in [0.15, 0.2) is 16.7 Å². The highest BCUT2D eigenvalue weighted by molar-refractivity contribution is 6.68. The number of carbonyl (C=O) groups is 2. The molecule has 0 atom stereocenters. The van der Waals surface area contributed by atoms with Gasteiger partial charge in [0.2, 0.25) is 0 Å². The minimum absolute atomic E-state index is 0.0873. The number of carbonyl (C=O) groups excluding carboxylic acids is 2. The molecule has 11 heavy (non-hydrogen) atoms. The minimum Gasteiger partial charge on any atom is -0.459 e. The maximum Gasteiger partial charge on any atom is 0.287 e. The van der Waals surface area contributed by atoms with Crippen LogP contribution in [0.4, 0.5) is 0 Å². The van der Waals surface area contributed by atoms with E-state index in [4.69, 9.17) is 23.2 Å². The summed E-state index contributed by atoms with van der Waals surface area (Å²) in [5, 5.41) is -1.44. The molecule has 0 aliphatic carbocycles. The van der Waals surface area contributed by atoms with Crippen LogP contribution < -0.4 is 0 Å². The van der Waals surface area contributed by atoms with Gasteiger partial charge in [0.25, 0.3) is 10.5 Å². The summed E-state index contributed by atoms with van der Waals surface area (Å²) in [6, 6.07) is 1.19. The Morgan fingerprint density at radius 2 is 1.91 bits per heavy atom. The van der Waals surface area contributed by atoms with Crippen molar-refractivity contribution in [2.45, 2.75) is 0 Å². The molecule has 1 heterocycles. The van der Waals surface area contributed by atoms with Gasteiger partial charge in [-0.2, -0.15) is 0 Å².